The molecule has 8 nitrogen and oxygen atoms in total. The predicted molar refractivity (Wildman–Crippen MR) is 212 cm³/mol. The molecule has 290 valence electrons. The number of amides is 1. The van der Waals surface area contributed by atoms with Crippen molar-refractivity contribution in [1.29, 1.82) is 0 Å². The Balaban J connectivity index is 4.62. The summed E-state index contributed by atoms with van der Waals surface area (Å²) in [5.74, 6) is -0.222. The molecule has 3 N–H and O–H groups in total. The van der Waals surface area contributed by atoms with E-state index >= 15 is 0 Å². The van der Waals surface area contributed by atoms with Crippen LogP contribution < -0.4 is 5.32 Å². The smallest absolute Gasteiger partial charge is 0.387 e. The van der Waals surface area contributed by atoms with Crippen LogP contribution in [0.2, 0.25) is 0 Å². The zero-order valence-corrected chi connectivity index (χ0v) is 33.5. The van der Waals surface area contributed by atoms with Crippen molar-refractivity contribution in [3.8, 4) is 0 Å². The third-order valence-electron chi connectivity index (χ3n) is 8.24. The molecule has 0 saturated heterocycles. The average Bonchev–Trinajstić information content (AvgIpc) is 3.06. The van der Waals surface area contributed by atoms with Crippen LogP contribution in [0.1, 0.15) is 142 Å². The molecule has 0 fully saturated rings. The first-order valence-electron chi connectivity index (χ1n) is 19.7. The molecule has 0 aromatic rings. The van der Waals surface area contributed by atoms with Gasteiger partial charge in [-0.15, -0.1) is 0 Å². The highest BCUT2D eigenvalue weighted by molar-refractivity contribution is 7.47. The Morgan fingerprint density at radius 2 is 1.20 bits per heavy atom. The van der Waals surface area contributed by atoms with Crippen LogP contribution in [-0.4, -0.2) is 73.4 Å². The van der Waals surface area contributed by atoms with Gasteiger partial charge in [0.1, 0.15) is 13.2 Å². The van der Waals surface area contributed by atoms with Gasteiger partial charge in [0.25, 0.3) is 0 Å². The SMILES string of the molecule is CC/C=C\C/C=C\C/C=C\C/C=C\CCCCC(=O)NC(COP(=O)(O)OCC[N+](C)(C)C)C(O)/C=C/CCCCCCCCCCCCC. The summed E-state index contributed by atoms with van der Waals surface area (Å²) in [5, 5.41) is 13.7. The molecule has 50 heavy (non-hydrogen) atoms. The van der Waals surface area contributed by atoms with Crippen molar-refractivity contribution in [2.45, 2.75) is 154 Å². The lowest BCUT2D eigenvalue weighted by Crippen LogP contribution is -2.45. The van der Waals surface area contributed by atoms with Crippen molar-refractivity contribution in [1.82, 2.24) is 5.32 Å². The van der Waals surface area contributed by atoms with E-state index in [9.17, 15) is 19.4 Å². The largest absolute Gasteiger partial charge is 0.472 e. The van der Waals surface area contributed by atoms with Crippen LogP contribution in [0.25, 0.3) is 0 Å². The molecule has 0 saturated carbocycles. The first kappa shape index (κ1) is 48.2. The number of hydrogen-bond donors (Lipinski definition) is 3. The van der Waals surface area contributed by atoms with Crippen LogP contribution in [0.15, 0.2) is 60.8 Å². The lowest BCUT2D eigenvalue weighted by atomic mass is 10.0. The summed E-state index contributed by atoms with van der Waals surface area (Å²) in [4.78, 5) is 23.0. The molecule has 3 unspecified atom stereocenters. The monoisotopic (exact) mass is 724 g/mol. The second kappa shape index (κ2) is 33.1. The number of aliphatic hydroxyl groups excluding tert-OH is 1. The van der Waals surface area contributed by atoms with Gasteiger partial charge in [-0.2, -0.15) is 0 Å². The Morgan fingerprint density at radius 1 is 0.700 bits per heavy atom. The lowest BCUT2D eigenvalue weighted by Gasteiger charge is -2.25. The van der Waals surface area contributed by atoms with Gasteiger partial charge >= 0.3 is 7.82 Å². The number of carbonyl (C=O) groups excluding carboxylic acids is 1. The van der Waals surface area contributed by atoms with Crippen LogP contribution in [0.4, 0.5) is 0 Å². The minimum Gasteiger partial charge on any atom is -0.387 e. The summed E-state index contributed by atoms with van der Waals surface area (Å²) in [6.07, 6.45) is 41.4. The number of phosphoric ester groups is 1. The highest BCUT2D eigenvalue weighted by Crippen LogP contribution is 2.43. The molecule has 0 aliphatic heterocycles. The van der Waals surface area contributed by atoms with E-state index in [-0.39, 0.29) is 19.1 Å². The molecule has 9 heteroatoms. The highest BCUT2D eigenvalue weighted by Gasteiger charge is 2.27. The van der Waals surface area contributed by atoms with E-state index in [2.05, 4.69) is 67.8 Å². The molecule has 0 rings (SSSR count). The topological polar surface area (TPSA) is 105 Å². The lowest BCUT2D eigenvalue weighted by molar-refractivity contribution is -0.870. The van der Waals surface area contributed by atoms with Crippen molar-refractivity contribution >= 4 is 13.7 Å². The molecule has 3 atom stereocenters. The van der Waals surface area contributed by atoms with Crippen LogP contribution in [0.3, 0.4) is 0 Å². The molecule has 1 amide bonds. The summed E-state index contributed by atoms with van der Waals surface area (Å²) >= 11 is 0. The maximum atomic E-state index is 12.8. The summed E-state index contributed by atoms with van der Waals surface area (Å²) in [6.45, 7) is 4.63. The van der Waals surface area contributed by atoms with E-state index in [1.165, 1.54) is 57.8 Å². The number of quaternary nitrogens is 1. The summed E-state index contributed by atoms with van der Waals surface area (Å²) < 4.78 is 23.4. The van der Waals surface area contributed by atoms with E-state index in [1.54, 1.807) is 6.08 Å². The Morgan fingerprint density at radius 3 is 1.76 bits per heavy atom. The fraction of sp³-hybridized carbons (Fsp3) is 0.732. The van der Waals surface area contributed by atoms with Gasteiger partial charge in [-0.25, -0.2) is 4.57 Å². The fourth-order valence-electron chi connectivity index (χ4n) is 5.09. The van der Waals surface area contributed by atoms with Gasteiger partial charge in [-0.1, -0.05) is 139 Å². The van der Waals surface area contributed by atoms with Crippen molar-refractivity contribution in [2.75, 3.05) is 40.9 Å². The number of nitrogens with zero attached hydrogens (tertiary/aromatic N) is 1. The zero-order valence-electron chi connectivity index (χ0n) is 32.6. The standard InChI is InChI=1S/C41H75N2O6P/c1-6-8-10-12-14-16-18-20-21-23-25-27-29-31-33-35-41(45)42-39(38-49-50(46,47)48-37-36-43(3,4)5)40(44)34-32-30-28-26-24-22-19-17-15-13-11-9-7-2/h8,10,14,16,20-21,25,27,32,34,39-40,44H,6-7,9,11-13,15,17-19,22-24,26,28-31,33,35-38H2,1-5H3,(H-,42,45,46,47)/p+1/b10-8-,16-14-,21-20-,27-25-,34-32+. The maximum Gasteiger partial charge on any atom is 0.472 e. The fourth-order valence-corrected chi connectivity index (χ4v) is 5.82. The van der Waals surface area contributed by atoms with E-state index < -0.39 is 20.0 Å². The average molecular weight is 724 g/mol. The van der Waals surface area contributed by atoms with Crippen LogP contribution in [0, 0.1) is 0 Å². The minimum absolute atomic E-state index is 0.0506. The van der Waals surface area contributed by atoms with Crippen LogP contribution >= 0.6 is 7.82 Å². The predicted octanol–water partition coefficient (Wildman–Crippen LogP) is 10.3. The van der Waals surface area contributed by atoms with Gasteiger partial charge in [-0.05, 0) is 57.8 Å². The molecular weight excluding hydrogens is 647 g/mol. The first-order chi connectivity index (χ1) is 24.0. The number of aliphatic hydroxyl groups is 1. The Labute approximate surface area is 307 Å². The number of unbranched alkanes of at least 4 members (excludes halogenated alkanes) is 13. The molecule has 0 heterocycles. The van der Waals surface area contributed by atoms with Gasteiger partial charge in [-0.3, -0.25) is 13.8 Å². The van der Waals surface area contributed by atoms with Crippen molar-refractivity contribution in [3.63, 3.8) is 0 Å². The van der Waals surface area contributed by atoms with Crippen molar-refractivity contribution in [2.24, 2.45) is 0 Å². The van der Waals surface area contributed by atoms with E-state index in [0.717, 1.165) is 57.8 Å². The number of rotatable bonds is 34. The second-order valence-electron chi connectivity index (χ2n) is 14.3. The number of carbonyl (C=O) groups is 1. The third kappa shape index (κ3) is 34.6. The number of phosphoric acid groups is 1. The maximum absolute atomic E-state index is 12.8. The van der Waals surface area contributed by atoms with Gasteiger partial charge in [0.05, 0.1) is 39.9 Å². The zero-order chi connectivity index (χ0) is 37.2. The van der Waals surface area contributed by atoms with E-state index in [4.69, 9.17) is 9.05 Å². The van der Waals surface area contributed by atoms with Crippen molar-refractivity contribution in [3.05, 3.63) is 60.8 Å². The molecule has 0 aliphatic carbocycles. The van der Waals surface area contributed by atoms with Crippen LogP contribution in [0.5, 0.6) is 0 Å². The van der Waals surface area contributed by atoms with Gasteiger partial charge in [0, 0.05) is 6.42 Å². The molecular formula is C41H76N2O6P+. The summed E-state index contributed by atoms with van der Waals surface area (Å²) in [6, 6.07) is -0.868. The number of nitrogens with one attached hydrogen (secondary N) is 1. The number of allylic oxidation sites excluding steroid dienone is 9. The third-order valence-corrected chi connectivity index (χ3v) is 9.23. The Bertz CT molecular complexity index is 1000. The number of hydrogen-bond acceptors (Lipinski definition) is 5. The van der Waals surface area contributed by atoms with Gasteiger partial charge in [0.2, 0.25) is 5.91 Å². The summed E-state index contributed by atoms with van der Waals surface area (Å²) in [7, 11) is 1.53. The highest BCUT2D eigenvalue weighted by atomic mass is 31.2. The Kier molecular flexibility index (Phi) is 31.9. The van der Waals surface area contributed by atoms with E-state index in [0.29, 0.717) is 23.9 Å². The van der Waals surface area contributed by atoms with Gasteiger partial charge in [0.15, 0.2) is 0 Å². The molecule has 0 radical (unpaired) electrons. The quantitative estimate of drug-likeness (QED) is 0.0264. The van der Waals surface area contributed by atoms with Crippen LogP contribution in [-0.2, 0) is 18.4 Å². The molecule has 0 spiro atoms. The van der Waals surface area contributed by atoms with Gasteiger partial charge < -0.3 is 19.8 Å². The summed E-state index contributed by atoms with van der Waals surface area (Å²) in [5.41, 5.74) is 0. The normalized spacial score (nSPS) is 15.3. The minimum atomic E-state index is -4.34. The Hall–Kier alpha value is -1.80. The molecule has 0 aliphatic rings. The number of likely N-dealkylation sites (N-methyl/N-ethyl adjacent to an activating group) is 1. The van der Waals surface area contributed by atoms with Crippen molar-refractivity contribution < 1.29 is 32.9 Å². The second-order valence-corrected chi connectivity index (χ2v) is 15.7. The first-order valence-corrected chi connectivity index (χ1v) is 21.2. The molecule has 0 aromatic carbocycles. The van der Waals surface area contributed by atoms with E-state index in [1.807, 2.05) is 27.2 Å². The molecule has 0 bridgehead atoms. The molecule has 0 aromatic heterocycles.